The second kappa shape index (κ2) is 6.69. The zero-order valence-electron chi connectivity index (χ0n) is 14.1. The number of nitrogens with one attached hydrogen (secondary N) is 1. The number of hydrogen-bond acceptors (Lipinski definition) is 4. The molecule has 2 aromatic heterocycles. The van der Waals surface area contributed by atoms with Gasteiger partial charge in [-0.3, -0.25) is 9.69 Å². The molecule has 6 heteroatoms. The number of hydrogen-bond donors (Lipinski definition) is 1. The fraction of sp³-hybridized carbons (Fsp3) is 0.368. The molecular weight excluding hydrogens is 337 g/mol. The second-order valence-electron chi connectivity index (χ2n) is 6.83. The van der Waals surface area contributed by atoms with Crippen LogP contribution in [0, 0.1) is 11.7 Å². The number of nitrogens with zero attached hydrogens (tertiary/aromatic N) is 2. The normalized spacial score (nSPS) is 18.7. The molecule has 0 saturated carbocycles. The number of fused-ring (bicyclic) bond motifs is 1. The largest absolute Gasteiger partial charge is 0.309 e. The number of H-pyrrole nitrogens is 1. The van der Waals surface area contributed by atoms with Gasteiger partial charge in [0.2, 0.25) is 0 Å². The molecule has 0 radical (unpaired) electrons. The predicted molar refractivity (Wildman–Crippen MR) is 99.3 cm³/mol. The van der Waals surface area contributed by atoms with E-state index < -0.39 is 0 Å². The van der Waals surface area contributed by atoms with Crippen LogP contribution < -0.4 is 5.56 Å². The molecule has 0 amide bonds. The number of benzene rings is 1. The summed E-state index contributed by atoms with van der Waals surface area (Å²) in [4.78, 5) is 23.3. The van der Waals surface area contributed by atoms with Gasteiger partial charge < -0.3 is 4.98 Å². The minimum absolute atomic E-state index is 0.120. The molecule has 4 rings (SSSR count). The highest BCUT2D eigenvalue weighted by Gasteiger charge is 2.18. The SMILES string of the molecule is C[C@H]1CCCN(Cc2nc3scc(-c4ccc(F)cc4)c3c(=O)[nH]2)C1. The highest BCUT2D eigenvalue weighted by Crippen LogP contribution is 2.31. The molecule has 0 aliphatic carbocycles. The molecule has 1 aliphatic heterocycles. The standard InChI is InChI=1S/C19H20FN3OS/c1-12-3-2-8-23(9-12)10-16-21-18(24)17-15(11-25-19(17)22-16)13-4-6-14(20)7-5-13/h4-7,11-12H,2-3,8-10H2,1H3,(H,21,22,24)/t12-/m0/s1. The quantitative estimate of drug-likeness (QED) is 0.770. The highest BCUT2D eigenvalue weighted by molar-refractivity contribution is 7.17. The molecule has 1 atom stereocenters. The van der Waals surface area contributed by atoms with Crippen molar-refractivity contribution in [3.63, 3.8) is 0 Å². The van der Waals surface area contributed by atoms with Crippen LogP contribution in [-0.2, 0) is 6.54 Å². The van der Waals surface area contributed by atoms with E-state index in [0.29, 0.717) is 17.8 Å². The lowest BCUT2D eigenvalue weighted by Crippen LogP contribution is -2.34. The molecule has 4 nitrogen and oxygen atoms in total. The van der Waals surface area contributed by atoms with E-state index in [1.54, 1.807) is 12.1 Å². The molecule has 3 aromatic rings. The first-order valence-electron chi connectivity index (χ1n) is 8.59. The molecule has 1 N–H and O–H groups in total. The Kier molecular flexibility index (Phi) is 4.39. The summed E-state index contributed by atoms with van der Waals surface area (Å²) >= 11 is 1.46. The first kappa shape index (κ1) is 16.4. The van der Waals surface area contributed by atoms with Crippen molar-refractivity contribution in [3.05, 3.63) is 51.6 Å². The van der Waals surface area contributed by atoms with Gasteiger partial charge in [0.05, 0.1) is 11.9 Å². The van der Waals surface area contributed by atoms with Crippen molar-refractivity contribution in [1.82, 2.24) is 14.9 Å². The summed E-state index contributed by atoms with van der Waals surface area (Å²) in [5, 5.41) is 2.51. The van der Waals surface area contributed by atoms with Gasteiger partial charge >= 0.3 is 0 Å². The minimum Gasteiger partial charge on any atom is -0.309 e. The third-order valence-electron chi connectivity index (χ3n) is 4.76. The number of likely N-dealkylation sites (tertiary alicyclic amines) is 1. The van der Waals surface area contributed by atoms with E-state index in [9.17, 15) is 9.18 Å². The van der Waals surface area contributed by atoms with Gasteiger partial charge in [-0.2, -0.15) is 0 Å². The van der Waals surface area contributed by atoms with E-state index in [1.165, 1.54) is 36.3 Å². The first-order chi connectivity index (χ1) is 12.1. The van der Waals surface area contributed by atoms with Gasteiger partial charge in [0.15, 0.2) is 0 Å². The summed E-state index contributed by atoms with van der Waals surface area (Å²) in [5.74, 6) is 1.13. The molecule has 25 heavy (non-hydrogen) atoms. The Bertz CT molecular complexity index is 947. The third-order valence-corrected chi connectivity index (χ3v) is 5.63. The van der Waals surface area contributed by atoms with Gasteiger partial charge in [-0.15, -0.1) is 11.3 Å². The summed E-state index contributed by atoms with van der Waals surface area (Å²) in [6.45, 7) is 5.05. The van der Waals surface area contributed by atoms with Crippen LogP contribution in [0.15, 0.2) is 34.4 Å². The van der Waals surface area contributed by atoms with Crippen molar-refractivity contribution in [3.8, 4) is 11.1 Å². The molecule has 1 aliphatic rings. The molecule has 0 unspecified atom stereocenters. The van der Waals surface area contributed by atoms with Gasteiger partial charge in [0.25, 0.3) is 5.56 Å². The fourth-order valence-corrected chi connectivity index (χ4v) is 4.52. The van der Waals surface area contributed by atoms with Crippen LogP contribution in [0.3, 0.4) is 0 Å². The van der Waals surface area contributed by atoms with E-state index in [1.807, 2.05) is 5.38 Å². The van der Waals surface area contributed by atoms with Gasteiger partial charge in [0, 0.05) is 17.5 Å². The summed E-state index contributed by atoms with van der Waals surface area (Å²) < 4.78 is 13.1. The lowest BCUT2D eigenvalue weighted by atomic mass is 10.0. The number of rotatable bonds is 3. The number of piperidine rings is 1. The predicted octanol–water partition coefficient (Wildman–Crippen LogP) is 4.02. The van der Waals surface area contributed by atoms with E-state index in [2.05, 4.69) is 21.8 Å². The van der Waals surface area contributed by atoms with E-state index in [4.69, 9.17) is 0 Å². The number of aromatic nitrogens is 2. The molecule has 1 saturated heterocycles. The molecule has 0 bridgehead atoms. The van der Waals surface area contributed by atoms with Crippen LogP contribution in [0.5, 0.6) is 0 Å². The van der Waals surface area contributed by atoms with Crippen LogP contribution in [-0.4, -0.2) is 28.0 Å². The van der Waals surface area contributed by atoms with Gasteiger partial charge in [-0.05, 0) is 43.0 Å². The van der Waals surface area contributed by atoms with Crippen LogP contribution in [0.2, 0.25) is 0 Å². The number of thiophene rings is 1. The van der Waals surface area contributed by atoms with Gasteiger partial charge in [-0.1, -0.05) is 19.1 Å². The highest BCUT2D eigenvalue weighted by atomic mass is 32.1. The van der Waals surface area contributed by atoms with Crippen LogP contribution >= 0.6 is 11.3 Å². The summed E-state index contributed by atoms with van der Waals surface area (Å²) in [7, 11) is 0. The monoisotopic (exact) mass is 357 g/mol. The molecular formula is C19H20FN3OS. The van der Waals surface area contributed by atoms with Crippen LogP contribution in [0.1, 0.15) is 25.6 Å². The maximum Gasteiger partial charge on any atom is 0.260 e. The van der Waals surface area contributed by atoms with Crippen LogP contribution in [0.4, 0.5) is 4.39 Å². The van der Waals surface area contributed by atoms with Crippen molar-refractivity contribution in [2.75, 3.05) is 13.1 Å². The Hall–Kier alpha value is -2.05. The Morgan fingerprint density at radius 1 is 1.36 bits per heavy atom. The average molecular weight is 357 g/mol. The molecule has 1 fully saturated rings. The van der Waals surface area contributed by atoms with E-state index in [-0.39, 0.29) is 11.4 Å². The number of aromatic amines is 1. The molecule has 130 valence electrons. The number of halogens is 1. The Balaban J connectivity index is 1.67. The summed E-state index contributed by atoms with van der Waals surface area (Å²) in [5.41, 5.74) is 1.52. The Labute approximate surface area is 149 Å². The van der Waals surface area contributed by atoms with Crippen molar-refractivity contribution >= 4 is 21.6 Å². The molecule has 1 aromatic carbocycles. The zero-order valence-corrected chi connectivity index (χ0v) is 14.9. The maximum absolute atomic E-state index is 13.1. The maximum atomic E-state index is 13.1. The smallest absolute Gasteiger partial charge is 0.260 e. The van der Waals surface area contributed by atoms with E-state index in [0.717, 1.165) is 34.9 Å². The van der Waals surface area contributed by atoms with Crippen molar-refractivity contribution in [2.45, 2.75) is 26.3 Å². The minimum atomic E-state index is -0.284. The molecule has 0 spiro atoms. The van der Waals surface area contributed by atoms with E-state index >= 15 is 0 Å². The molecule has 3 heterocycles. The van der Waals surface area contributed by atoms with Crippen molar-refractivity contribution in [1.29, 1.82) is 0 Å². The topological polar surface area (TPSA) is 49.0 Å². The van der Waals surface area contributed by atoms with Gasteiger partial charge in [0.1, 0.15) is 16.5 Å². The Morgan fingerprint density at radius 2 is 2.16 bits per heavy atom. The zero-order chi connectivity index (χ0) is 17.4. The van der Waals surface area contributed by atoms with Crippen molar-refractivity contribution < 1.29 is 4.39 Å². The average Bonchev–Trinajstić information content (AvgIpc) is 3.00. The lowest BCUT2D eigenvalue weighted by Gasteiger charge is -2.30. The van der Waals surface area contributed by atoms with Gasteiger partial charge in [-0.25, -0.2) is 9.37 Å². The Morgan fingerprint density at radius 3 is 2.92 bits per heavy atom. The van der Waals surface area contributed by atoms with Crippen molar-refractivity contribution in [2.24, 2.45) is 5.92 Å². The van der Waals surface area contributed by atoms with Crippen LogP contribution in [0.25, 0.3) is 21.3 Å². The second-order valence-corrected chi connectivity index (χ2v) is 7.69. The summed E-state index contributed by atoms with van der Waals surface area (Å²) in [6, 6.07) is 6.21. The first-order valence-corrected chi connectivity index (χ1v) is 9.47. The lowest BCUT2D eigenvalue weighted by molar-refractivity contribution is 0.173. The third kappa shape index (κ3) is 3.37. The summed E-state index contributed by atoms with van der Waals surface area (Å²) in [6.07, 6.45) is 2.47. The fourth-order valence-electron chi connectivity index (χ4n) is 3.55.